The molecule has 1 unspecified atom stereocenters. The lowest BCUT2D eigenvalue weighted by atomic mass is 10.1. The second-order valence-electron chi connectivity index (χ2n) is 3.33. The van der Waals surface area contributed by atoms with Crippen molar-refractivity contribution in [2.24, 2.45) is 5.73 Å². The summed E-state index contributed by atoms with van der Waals surface area (Å²) in [4.78, 5) is 12.0. The molecule has 0 bridgehead atoms. The fraction of sp³-hybridized carbons (Fsp3) is 0.875. The highest BCUT2D eigenvalue weighted by molar-refractivity contribution is 5.78. The van der Waals surface area contributed by atoms with Crippen molar-refractivity contribution in [2.45, 2.75) is 31.5 Å². The number of hydrogen-bond acceptors (Lipinski definition) is 2. The molecule has 14 heavy (non-hydrogen) atoms. The van der Waals surface area contributed by atoms with Gasteiger partial charge in [-0.15, -0.1) is 0 Å². The summed E-state index contributed by atoms with van der Waals surface area (Å²) in [7, 11) is 0. The summed E-state index contributed by atoms with van der Waals surface area (Å²) >= 11 is 0. The number of amides is 1. The van der Waals surface area contributed by atoms with Gasteiger partial charge in [0.2, 0.25) is 5.91 Å². The third kappa shape index (κ3) is 2.37. The number of alkyl halides is 3. The van der Waals surface area contributed by atoms with E-state index >= 15 is 0 Å². The number of hydrogen-bond donors (Lipinski definition) is 1. The van der Waals surface area contributed by atoms with Gasteiger partial charge in [-0.05, 0) is 19.4 Å². The second-order valence-corrected chi connectivity index (χ2v) is 3.33. The topological polar surface area (TPSA) is 46.3 Å². The maximum atomic E-state index is 12.5. The maximum Gasteiger partial charge on any atom is 0.408 e. The van der Waals surface area contributed by atoms with Gasteiger partial charge in [-0.3, -0.25) is 4.79 Å². The Bertz CT molecular complexity index is 217. The summed E-state index contributed by atoms with van der Waals surface area (Å²) in [6, 6.07) is -1.69. The van der Waals surface area contributed by atoms with E-state index in [0.717, 1.165) is 4.90 Å². The van der Waals surface area contributed by atoms with Crippen LogP contribution in [0.5, 0.6) is 0 Å². The normalized spacial score (nSPS) is 20.3. The molecule has 6 heteroatoms. The highest BCUT2D eigenvalue weighted by atomic mass is 19.4. The Kier molecular flexibility index (Phi) is 3.36. The summed E-state index contributed by atoms with van der Waals surface area (Å²) < 4.78 is 37.4. The number of carbonyl (C=O) groups is 1. The lowest BCUT2D eigenvalue weighted by Gasteiger charge is -2.29. The Morgan fingerprint density at radius 2 is 2.14 bits per heavy atom. The molecule has 0 saturated carbocycles. The third-order valence-corrected chi connectivity index (χ3v) is 2.30. The molecule has 0 radical (unpaired) electrons. The predicted octanol–water partition coefficient (Wildman–Crippen LogP) is 0.888. The minimum Gasteiger partial charge on any atom is -0.331 e. The molecule has 1 amide bonds. The van der Waals surface area contributed by atoms with Crippen LogP contribution < -0.4 is 5.73 Å². The van der Waals surface area contributed by atoms with Crippen LogP contribution in [-0.4, -0.2) is 36.1 Å². The molecule has 0 aromatic heterocycles. The van der Waals surface area contributed by atoms with Gasteiger partial charge >= 0.3 is 6.18 Å². The summed E-state index contributed by atoms with van der Waals surface area (Å²) in [5, 5.41) is 0. The minimum absolute atomic E-state index is 0.0616. The van der Waals surface area contributed by atoms with Crippen molar-refractivity contribution in [3.05, 3.63) is 0 Å². The van der Waals surface area contributed by atoms with Crippen LogP contribution >= 0.6 is 0 Å². The zero-order valence-electron chi connectivity index (χ0n) is 7.68. The Morgan fingerprint density at radius 1 is 1.50 bits per heavy atom. The number of rotatable bonds is 3. The molecule has 0 spiro atoms. The van der Waals surface area contributed by atoms with Gasteiger partial charge in [0.15, 0.2) is 0 Å². The molecule has 1 rings (SSSR count). The van der Waals surface area contributed by atoms with E-state index in [1.807, 2.05) is 0 Å². The predicted molar refractivity (Wildman–Crippen MR) is 44.5 cm³/mol. The van der Waals surface area contributed by atoms with E-state index in [1.54, 1.807) is 0 Å². The molecular formula is C8H13F3N2O. The highest BCUT2D eigenvalue weighted by Crippen LogP contribution is 2.29. The fourth-order valence-corrected chi connectivity index (χ4v) is 1.65. The van der Waals surface area contributed by atoms with E-state index in [9.17, 15) is 18.0 Å². The number of carbonyl (C=O) groups excluding carboxylic acids is 1. The molecule has 0 aromatic rings. The first-order valence-corrected chi connectivity index (χ1v) is 4.53. The van der Waals surface area contributed by atoms with E-state index in [1.165, 1.54) is 0 Å². The zero-order chi connectivity index (χ0) is 10.8. The van der Waals surface area contributed by atoms with E-state index in [-0.39, 0.29) is 25.9 Å². The first kappa shape index (κ1) is 11.3. The van der Waals surface area contributed by atoms with Crippen LogP contribution in [0, 0.1) is 0 Å². The summed E-state index contributed by atoms with van der Waals surface area (Å²) in [5.74, 6) is -0.416. The standard InChI is InChI=1S/C8H13F3N2O/c9-8(10,11)6(3-4-12)13-5-1-2-7(13)14/h6H,1-5,12H2. The number of nitrogens with zero attached hydrogens (tertiary/aromatic N) is 1. The SMILES string of the molecule is NCCC(N1CCCC1=O)C(F)(F)F. The van der Waals surface area contributed by atoms with Gasteiger partial charge in [0.1, 0.15) is 6.04 Å². The number of nitrogens with two attached hydrogens (primary N) is 1. The monoisotopic (exact) mass is 210 g/mol. The van der Waals surface area contributed by atoms with E-state index in [0.29, 0.717) is 6.42 Å². The molecule has 1 fully saturated rings. The summed E-state index contributed by atoms with van der Waals surface area (Å²) in [6.07, 6.45) is -3.85. The summed E-state index contributed by atoms with van der Waals surface area (Å²) in [5.41, 5.74) is 5.10. The van der Waals surface area contributed by atoms with Crippen LogP contribution in [0.4, 0.5) is 13.2 Å². The van der Waals surface area contributed by atoms with Gasteiger partial charge < -0.3 is 10.6 Å². The smallest absolute Gasteiger partial charge is 0.331 e. The second kappa shape index (κ2) is 4.16. The molecule has 0 aliphatic carbocycles. The van der Waals surface area contributed by atoms with Crippen LogP contribution in [0.15, 0.2) is 0 Å². The largest absolute Gasteiger partial charge is 0.408 e. The van der Waals surface area contributed by atoms with Crippen LogP contribution in [-0.2, 0) is 4.79 Å². The molecule has 0 aromatic carbocycles. The van der Waals surface area contributed by atoms with Gasteiger partial charge in [-0.2, -0.15) is 13.2 Å². The Morgan fingerprint density at radius 3 is 2.50 bits per heavy atom. The lowest BCUT2D eigenvalue weighted by Crippen LogP contribution is -2.47. The van der Waals surface area contributed by atoms with Crippen LogP contribution in [0.25, 0.3) is 0 Å². The quantitative estimate of drug-likeness (QED) is 0.751. The van der Waals surface area contributed by atoms with Crippen molar-refractivity contribution in [2.75, 3.05) is 13.1 Å². The van der Waals surface area contributed by atoms with Gasteiger partial charge in [-0.25, -0.2) is 0 Å². The minimum atomic E-state index is -4.36. The summed E-state index contributed by atoms with van der Waals surface area (Å²) in [6.45, 7) is 0.136. The lowest BCUT2D eigenvalue weighted by molar-refractivity contribution is -0.187. The van der Waals surface area contributed by atoms with Crippen molar-refractivity contribution in [3.63, 3.8) is 0 Å². The van der Waals surface area contributed by atoms with Crippen molar-refractivity contribution in [3.8, 4) is 0 Å². The van der Waals surface area contributed by atoms with Gasteiger partial charge in [0, 0.05) is 13.0 Å². The van der Waals surface area contributed by atoms with E-state index in [2.05, 4.69) is 0 Å². The molecule has 1 aliphatic heterocycles. The number of likely N-dealkylation sites (tertiary alicyclic amines) is 1. The molecule has 1 atom stereocenters. The maximum absolute atomic E-state index is 12.5. The number of halogens is 3. The van der Waals surface area contributed by atoms with Gasteiger partial charge in [0.05, 0.1) is 0 Å². The van der Waals surface area contributed by atoms with Crippen LogP contribution in [0.2, 0.25) is 0 Å². The average Bonchev–Trinajstić information content (AvgIpc) is 2.45. The van der Waals surface area contributed by atoms with Gasteiger partial charge in [0.25, 0.3) is 0 Å². The van der Waals surface area contributed by atoms with E-state index in [4.69, 9.17) is 5.73 Å². The van der Waals surface area contributed by atoms with Gasteiger partial charge in [-0.1, -0.05) is 0 Å². The Balaban J connectivity index is 2.71. The van der Waals surface area contributed by atoms with Crippen molar-refractivity contribution in [1.82, 2.24) is 4.90 Å². The third-order valence-electron chi connectivity index (χ3n) is 2.30. The first-order valence-electron chi connectivity index (χ1n) is 4.53. The fourth-order valence-electron chi connectivity index (χ4n) is 1.65. The van der Waals surface area contributed by atoms with Crippen LogP contribution in [0.1, 0.15) is 19.3 Å². The average molecular weight is 210 g/mol. The molecule has 1 aliphatic rings. The Labute approximate surface area is 80.0 Å². The highest BCUT2D eigenvalue weighted by Gasteiger charge is 2.45. The van der Waals surface area contributed by atoms with Crippen molar-refractivity contribution < 1.29 is 18.0 Å². The molecule has 3 nitrogen and oxygen atoms in total. The van der Waals surface area contributed by atoms with Crippen LogP contribution in [0.3, 0.4) is 0 Å². The zero-order valence-corrected chi connectivity index (χ0v) is 7.68. The molecule has 1 heterocycles. The van der Waals surface area contributed by atoms with E-state index < -0.39 is 18.1 Å². The molecule has 2 N–H and O–H groups in total. The first-order chi connectivity index (χ1) is 6.46. The molecule has 82 valence electrons. The van der Waals surface area contributed by atoms with Crippen molar-refractivity contribution >= 4 is 5.91 Å². The molecule has 1 saturated heterocycles. The molecular weight excluding hydrogens is 197 g/mol. The Hall–Kier alpha value is -0.780. The van der Waals surface area contributed by atoms with Crippen molar-refractivity contribution in [1.29, 1.82) is 0 Å².